The first-order valence-electron chi connectivity index (χ1n) is 3.99. The predicted molar refractivity (Wildman–Crippen MR) is 54.2 cm³/mol. The molecule has 0 N–H and O–H groups in total. The van der Waals surface area contributed by atoms with Gasteiger partial charge in [0.1, 0.15) is 0 Å². The van der Waals surface area contributed by atoms with Crippen LogP contribution in [0.2, 0.25) is 0 Å². The smallest absolute Gasteiger partial charge is 0.258 e. The number of non-ortho nitro benzene ring substituents is 1. The van der Waals surface area contributed by atoms with Crippen LogP contribution in [0.1, 0.15) is 12.5 Å². The van der Waals surface area contributed by atoms with E-state index in [0.29, 0.717) is 5.56 Å². The van der Waals surface area contributed by atoms with Crippen molar-refractivity contribution in [3.05, 3.63) is 33.9 Å². The average Bonchev–Trinajstić information content (AvgIpc) is 2.17. The fraction of sp³-hybridized carbons (Fsp3) is 0.222. The molecule has 0 amide bonds. The number of benzene rings is 1. The summed E-state index contributed by atoms with van der Waals surface area (Å²) in [6, 6.07) is 6.32. The second-order valence-corrected chi connectivity index (χ2v) is 3.85. The van der Waals surface area contributed by atoms with Gasteiger partial charge < -0.3 is 0 Å². The first-order valence-corrected chi connectivity index (χ1v) is 4.98. The van der Waals surface area contributed by atoms with Gasteiger partial charge in [0.15, 0.2) is 0 Å². The summed E-state index contributed by atoms with van der Waals surface area (Å²) in [5, 5.41) is 19.2. The predicted octanol–water partition coefficient (Wildman–Crippen LogP) is 2.58. The van der Waals surface area contributed by atoms with Crippen LogP contribution in [-0.2, 0) is 0 Å². The highest BCUT2D eigenvalue weighted by molar-refractivity contribution is 7.99. The minimum atomic E-state index is -0.486. The maximum Gasteiger partial charge on any atom is 0.271 e. The van der Waals surface area contributed by atoms with Crippen LogP contribution in [0.25, 0.3) is 0 Å². The van der Waals surface area contributed by atoms with E-state index in [2.05, 4.69) is 0 Å². The van der Waals surface area contributed by atoms with Gasteiger partial charge in [0.2, 0.25) is 0 Å². The number of rotatable bonds is 3. The number of hydrogen-bond donors (Lipinski definition) is 0. The van der Waals surface area contributed by atoms with Crippen LogP contribution in [0.4, 0.5) is 5.69 Å². The summed E-state index contributed by atoms with van der Waals surface area (Å²) in [6.45, 7) is 1.95. The molecule has 14 heavy (non-hydrogen) atoms. The Morgan fingerprint density at radius 1 is 1.57 bits per heavy atom. The topological polar surface area (TPSA) is 66.9 Å². The summed E-state index contributed by atoms with van der Waals surface area (Å²) in [4.78, 5) is 10.8. The third-order valence-electron chi connectivity index (χ3n) is 1.54. The van der Waals surface area contributed by atoms with Gasteiger partial charge in [-0.2, -0.15) is 5.26 Å². The molecule has 0 bridgehead atoms. The molecule has 0 aliphatic rings. The number of nitro groups is 1. The van der Waals surface area contributed by atoms with Gasteiger partial charge in [0, 0.05) is 17.0 Å². The molecule has 1 aromatic rings. The summed E-state index contributed by atoms with van der Waals surface area (Å²) < 4.78 is 0. The van der Waals surface area contributed by atoms with Gasteiger partial charge in [-0.25, -0.2) is 0 Å². The van der Waals surface area contributed by atoms with Crippen molar-refractivity contribution >= 4 is 17.4 Å². The molecular weight excluding hydrogens is 200 g/mol. The van der Waals surface area contributed by atoms with E-state index in [1.807, 2.05) is 13.0 Å². The zero-order valence-corrected chi connectivity index (χ0v) is 8.37. The Morgan fingerprint density at radius 2 is 2.29 bits per heavy atom. The molecule has 1 aromatic carbocycles. The second kappa shape index (κ2) is 4.63. The Hall–Kier alpha value is -1.54. The van der Waals surface area contributed by atoms with Crippen molar-refractivity contribution in [2.45, 2.75) is 11.8 Å². The summed E-state index contributed by atoms with van der Waals surface area (Å²) in [5.41, 5.74) is 0.301. The third kappa shape index (κ3) is 2.47. The molecule has 0 heterocycles. The van der Waals surface area contributed by atoms with Crippen LogP contribution < -0.4 is 0 Å². The Morgan fingerprint density at radius 3 is 2.79 bits per heavy atom. The fourth-order valence-corrected chi connectivity index (χ4v) is 1.75. The molecule has 0 spiro atoms. The lowest BCUT2D eigenvalue weighted by Gasteiger charge is -1.99. The molecule has 72 valence electrons. The van der Waals surface area contributed by atoms with E-state index in [0.717, 1.165) is 10.6 Å². The van der Waals surface area contributed by atoms with Crippen molar-refractivity contribution in [3.63, 3.8) is 0 Å². The van der Waals surface area contributed by atoms with E-state index in [-0.39, 0.29) is 5.69 Å². The zero-order valence-electron chi connectivity index (χ0n) is 7.56. The Kier molecular flexibility index (Phi) is 3.48. The quantitative estimate of drug-likeness (QED) is 0.435. The lowest BCUT2D eigenvalue weighted by atomic mass is 10.2. The van der Waals surface area contributed by atoms with E-state index in [4.69, 9.17) is 5.26 Å². The van der Waals surface area contributed by atoms with Crippen molar-refractivity contribution in [1.82, 2.24) is 0 Å². The van der Waals surface area contributed by atoms with Crippen molar-refractivity contribution < 1.29 is 4.92 Å². The van der Waals surface area contributed by atoms with E-state index >= 15 is 0 Å². The van der Waals surface area contributed by atoms with E-state index in [1.54, 1.807) is 6.07 Å². The monoisotopic (exact) mass is 208 g/mol. The minimum Gasteiger partial charge on any atom is -0.258 e. The summed E-state index contributed by atoms with van der Waals surface area (Å²) in [6.07, 6.45) is 0. The molecule has 0 unspecified atom stereocenters. The van der Waals surface area contributed by atoms with Gasteiger partial charge >= 0.3 is 0 Å². The molecule has 0 saturated heterocycles. The molecule has 0 saturated carbocycles. The molecule has 0 radical (unpaired) electrons. The van der Waals surface area contributed by atoms with Crippen LogP contribution in [0, 0.1) is 21.4 Å². The fourth-order valence-electron chi connectivity index (χ4n) is 1.00. The maximum absolute atomic E-state index is 10.5. The number of nitrogens with zero attached hydrogens (tertiary/aromatic N) is 2. The number of nitro benzene ring substituents is 1. The lowest BCUT2D eigenvalue weighted by Crippen LogP contribution is -1.89. The van der Waals surface area contributed by atoms with E-state index in [1.165, 1.54) is 23.9 Å². The maximum atomic E-state index is 10.5. The van der Waals surface area contributed by atoms with Crippen LogP contribution in [0.5, 0.6) is 0 Å². The SMILES string of the molecule is CCSc1cc(C#N)cc([N+](=O)[O-])c1. The first-order chi connectivity index (χ1) is 6.67. The first kappa shape index (κ1) is 10.5. The van der Waals surface area contributed by atoms with Crippen molar-refractivity contribution in [2.75, 3.05) is 5.75 Å². The van der Waals surface area contributed by atoms with E-state index in [9.17, 15) is 10.1 Å². The molecule has 0 aliphatic carbocycles. The number of hydrogen-bond acceptors (Lipinski definition) is 4. The van der Waals surface area contributed by atoms with Gasteiger partial charge in [0.05, 0.1) is 16.6 Å². The van der Waals surface area contributed by atoms with Gasteiger partial charge in [-0.15, -0.1) is 11.8 Å². The minimum absolute atomic E-state index is 0.0278. The van der Waals surface area contributed by atoms with Crippen LogP contribution in [-0.4, -0.2) is 10.7 Å². The van der Waals surface area contributed by atoms with Crippen LogP contribution in [0.3, 0.4) is 0 Å². The molecule has 0 aliphatic heterocycles. The van der Waals surface area contributed by atoms with Gasteiger partial charge in [-0.1, -0.05) is 6.92 Å². The Labute approximate surface area is 85.7 Å². The Bertz CT molecular complexity index is 398. The molecule has 0 fully saturated rings. The lowest BCUT2D eigenvalue weighted by molar-refractivity contribution is -0.385. The molecule has 0 aromatic heterocycles. The molecule has 4 nitrogen and oxygen atoms in total. The highest BCUT2D eigenvalue weighted by atomic mass is 32.2. The summed E-state index contributed by atoms with van der Waals surface area (Å²) >= 11 is 1.48. The summed E-state index contributed by atoms with van der Waals surface area (Å²) in [7, 11) is 0. The molecular formula is C9H8N2O2S. The highest BCUT2D eigenvalue weighted by Gasteiger charge is 2.09. The highest BCUT2D eigenvalue weighted by Crippen LogP contribution is 2.24. The molecule has 5 heteroatoms. The number of nitriles is 1. The van der Waals surface area contributed by atoms with Crippen LogP contribution >= 0.6 is 11.8 Å². The van der Waals surface area contributed by atoms with Gasteiger partial charge in [0.25, 0.3) is 5.69 Å². The normalized spacial score (nSPS) is 9.43. The third-order valence-corrected chi connectivity index (χ3v) is 2.40. The van der Waals surface area contributed by atoms with Crippen molar-refractivity contribution in [2.24, 2.45) is 0 Å². The van der Waals surface area contributed by atoms with E-state index < -0.39 is 4.92 Å². The van der Waals surface area contributed by atoms with Crippen molar-refractivity contribution in [3.8, 4) is 6.07 Å². The second-order valence-electron chi connectivity index (χ2n) is 2.52. The molecule has 0 atom stereocenters. The van der Waals surface area contributed by atoms with Gasteiger partial charge in [-0.05, 0) is 11.8 Å². The van der Waals surface area contributed by atoms with Crippen molar-refractivity contribution in [1.29, 1.82) is 5.26 Å². The largest absolute Gasteiger partial charge is 0.271 e. The molecule has 1 rings (SSSR count). The summed E-state index contributed by atoms with van der Waals surface area (Å²) in [5.74, 6) is 0.825. The number of thioether (sulfide) groups is 1. The average molecular weight is 208 g/mol. The zero-order chi connectivity index (χ0) is 10.6. The van der Waals surface area contributed by atoms with Crippen LogP contribution in [0.15, 0.2) is 23.1 Å². The standard InChI is InChI=1S/C9H8N2O2S/c1-2-14-9-4-7(6-10)3-8(5-9)11(12)13/h3-5H,2H2,1H3. The van der Waals surface area contributed by atoms with Gasteiger partial charge in [-0.3, -0.25) is 10.1 Å². The Balaban J connectivity index is 3.15.